The highest BCUT2D eigenvalue weighted by Crippen LogP contribution is 2.53. The van der Waals surface area contributed by atoms with Crippen LogP contribution in [0.15, 0.2) is 52.1 Å². The highest BCUT2D eigenvalue weighted by Gasteiger charge is 2.63. The van der Waals surface area contributed by atoms with Crippen LogP contribution in [-0.4, -0.2) is 80.0 Å². The monoisotopic (exact) mass is 539 g/mol. The highest BCUT2D eigenvalue weighted by molar-refractivity contribution is 7.17. The average Bonchev–Trinajstić information content (AvgIpc) is 3.29. The van der Waals surface area contributed by atoms with E-state index in [9.17, 15) is 34.8 Å². The van der Waals surface area contributed by atoms with Gasteiger partial charge < -0.3 is 31.4 Å². The Hall–Kier alpha value is -4.00. The number of benzene rings is 1. The molecule has 4 atom stereocenters. The molecular weight excluding hydrogens is 514 g/mol. The second-order valence-electron chi connectivity index (χ2n) is 9.90. The van der Waals surface area contributed by atoms with E-state index in [4.69, 9.17) is 10.9 Å². The number of thiophene rings is 1. The van der Waals surface area contributed by atoms with Gasteiger partial charge in [0.15, 0.2) is 11.4 Å². The molecule has 38 heavy (non-hydrogen) atoms. The van der Waals surface area contributed by atoms with E-state index in [-0.39, 0.29) is 29.7 Å². The third-order valence-corrected chi connectivity index (χ3v) is 8.74. The van der Waals surface area contributed by atoms with Crippen LogP contribution in [0.2, 0.25) is 0 Å². The topological polar surface area (TPSA) is 194 Å². The average molecular weight is 540 g/mol. The highest BCUT2D eigenvalue weighted by atomic mass is 32.1. The maximum Gasteiger partial charge on any atom is 0.255 e. The van der Waals surface area contributed by atoms with E-state index in [1.165, 1.54) is 28.5 Å². The fourth-order valence-electron chi connectivity index (χ4n) is 6.11. The molecule has 12 heteroatoms. The lowest BCUT2D eigenvalue weighted by atomic mass is 9.58. The van der Waals surface area contributed by atoms with Crippen LogP contribution in [0, 0.1) is 11.8 Å². The fourth-order valence-corrected chi connectivity index (χ4v) is 7.03. The largest absolute Gasteiger partial charge is 0.510 e. The van der Waals surface area contributed by atoms with Crippen molar-refractivity contribution >= 4 is 35.0 Å². The SMILES string of the molecule is CN(C)C1C(O)=C(C(N)=O)C(=O)C2(O)C(O)=C3C(=O)c4c(O)ccc(-c5ccc(/C=N/O)s5)c4CC3CC12. The molecule has 0 bridgehead atoms. The number of phenols is 1. The molecule has 0 aliphatic heterocycles. The van der Waals surface area contributed by atoms with Gasteiger partial charge in [-0.25, -0.2) is 0 Å². The number of phenolic OH excluding ortho intramolecular Hbond substituents is 1. The molecule has 1 heterocycles. The third kappa shape index (κ3) is 3.41. The van der Waals surface area contributed by atoms with Gasteiger partial charge in [0.1, 0.15) is 22.8 Å². The number of oxime groups is 1. The zero-order valence-electron chi connectivity index (χ0n) is 20.4. The first kappa shape index (κ1) is 25.6. The van der Waals surface area contributed by atoms with Crippen LogP contribution in [0.3, 0.4) is 0 Å². The van der Waals surface area contributed by atoms with E-state index in [1.807, 2.05) is 0 Å². The van der Waals surface area contributed by atoms with Crippen LogP contribution >= 0.6 is 11.3 Å². The number of nitrogens with two attached hydrogens (primary N) is 1. The molecular formula is C26H25N3O8S. The summed E-state index contributed by atoms with van der Waals surface area (Å²) in [7, 11) is 3.15. The Morgan fingerprint density at radius 2 is 1.89 bits per heavy atom. The van der Waals surface area contributed by atoms with E-state index in [0.29, 0.717) is 16.0 Å². The molecule has 1 amide bonds. The number of nitrogens with zero attached hydrogens (tertiary/aromatic N) is 2. The van der Waals surface area contributed by atoms with Crippen molar-refractivity contribution in [2.45, 2.75) is 24.5 Å². The van der Waals surface area contributed by atoms with Crippen LogP contribution < -0.4 is 5.73 Å². The van der Waals surface area contributed by atoms with Gasteiger partial charge in [0, 0.05) is 21.2 Å². The van der Waals surface area contributed by atoms with Crippen molar-refractivity contribution < 1.29 is 40.0 Å². The van der Waals surface area contributed by atoms with E-state index in [2.05, 4.69) is 5.16 Å². The lowest BCUT2D eigenvalue weighted by Crippen LogP contribution is -2.63. The number of carbonyl (C=O) groups is 3. The Balaban J connectivity index is 1.70. The summed E-state index contributed by atoms with van der Waals surface area (Å²) in [5.41, 5.74) is 2.74. The quantitative estimate of drug-likeness (QED) is 0.145. The molecule has 3 aliphatic rings. The van der Waals surface area contributed by atoms with Crippen molar-refractivity contribution in [1.29, 1.82) is 0 Å². The minimum Gasteiger partial charge on any atom is -0.510 e. The molecule has 7 N–H and O–H groups in total. The number of aromatic hydroxyl groups is 1. The number of carbonyl (C=O) groups excluding carboxylic acids is 3. The molecule has 0 fully saturated rings. The van der Waals surface area contributed by atoms with E-state index in [0.717, 1.165) is 4.88 Å². The minimum absolute atomic E-state index is 0.00766. The zero-order chi connectivity index (χ0) is 27.7. The summed E-state index contributed by atoms with van der Waals surface area (Å²) in [5, 5.41) is 56.4. The van der Waals surface area contributed by atoms with Crippen molar-refractivity contribution in [3.63, 3.8) is 0 Å². The molecule has 11 nitrogen and oxygen atoms in total. The fraction of sp³-hybridized carbons (Fsp3) is 0.308. The number of primary amides is 1. The van der Waals surface area contributed by atoms with Crippen LogP contribution in [0.1, 0.15) is 27.2 Å². The number of amides is 1. The van der Waals surface area contributed by atoms with E-state index in [1.54, 1.807) is 32.3 Å². The predicted octanol–water partition coefficient (Wildman–Crippen LogP) is 1.66. The standard InChI is InChI=1S/C26H25N3O8S/c1-29(2)20-14-8-10-7-13-12(16-6-3-11(38-16)9-28-37)4-5-15(30)18(13)21(31)17(10)23(33)26(14,36)24(34)19(22(20)32)25(27)35/h3-6,9-10,14,20,30,32-33,36-37H,7-8H2,1-2H3,(H2,27,35)/b28-9+. The first-order valence-electron chi connectivity index (χ1n) is 11.7. The van der Waals surface area contributed by atoms with Gasteiger partial charge in [-0.05, 0) is 68.2 Å². The number of hydrogen-bond donors (Lipinski definition) is 6. The lowest BCUT2D eigenvalue weighted by Gasteiger charge is -2.50. The summed E-state index contributed by atoms with van der Waals surface area (Å²) >= 11 is 1.31. The van der Waals surface area contributed by atoms with Gasteiger partial charge in [-0.15, -0.1) is 11.3 Å². The van der Waals surface area contributed by atoms with E-state index >= 15 is 0 Å². The number of aliphatic hydroxyl groups is 3. The predicted molar refractivity (Wildman–Crippen MR) is 136 cm³/mol. The summed E-state index contributed by atoms with van der Waals surface area (Å²) in [4.78, 5) is 42.1. The number of allylic oxidation sites excluding steroid dienone is 1. The van der Waals surface area contributed by atoms with Gasteiger partial charge in [-0.2, -0.15) is 0 Å². The molecule has 1 aromatic carbocycles. The molecule has 1 aromatic heterocycles. The third-order valence-electron chi connectivity index (χ3n) is 7.68. The Kier molecular flexibility index (Phi) is 5.93. The first-order chi connectivity index (χ1) is 17.9. The summed E-state index contributed by atoms with van der Waals surface area (Å²) in [5.74, 6) is -6.90. The van der Waals surface area contributed by atoms with Gasteiger partial charge in [-0.1, -0.05) is 5.16 Å². The zero-order valence-corrected chi connectivity index (χ0v) is 21.2. The number of ketones is 2. The molecule has 4 unspecified atom stereocenters. The molecule has 2 aromatic rings. The molecule has 198 valence electrons. The second kappa shape index (κ2) is 8.79. The normalized spacial score (nSPS) is 27.1. The molecule has 0 radical (unpaired) electrons. The van der Waals surface area contributed by atoms with E-state index < -0.39 is 58.0 Å². The summed E-state index contributed by atoms with van der Waals surface area (Å²) in [6, 6.07) is 5.49. The Bertz CT molecular complexity index is 1500. The molecule has 0 saturated heterocycles. The summed E-state index contributed by atoms with van der Waals surface area (Å²) < 4.78 is 0. The van der Waals surface area contributed by atoms with Crippen molar-refractivity contribution in [3.8, 4) is 16.2 Å². The molecule has 5 rings (SSSR count). The Morgan fingerprint density at radius 3 is 2.53 bits per heavy atom. The van der Waals surface area contributed by atoms with Crippen LogP contribution in [0.5, 0.6) is 5.75 Å². The Morgan fingerprint density at radius 1 is 1.18 bits per heavy atom. The van der Waals surface area contributed by atoms with Crippen molar-refractivity contribution in [1.82, 2.24) is 4.90 Å². The van der Waals surface area contributed by atoms with Gasteiger partial charge >= 0.3 is 0 Å². The van der Waals surface area contributed by atoms with Crippen molar-refractivity contribution in [2.24, 2.45) is 22.7 Å². The van der Waals surface area contributed by atoms with Gasteiger partial charge in [0.2, 0.25) is 5.78 Å². The summed E-state index contributed by atoms with van der Waals surface area (Å²) in [6.07, 6.45) is 1.46. The number of aliphatic hydroxyl groups excluding tert-OH is 2. The molecule has 0 spiro atoms. The number of rotatable bonds is 4. The maximum absolute atomic E-state index is 13.8. The first-order valence-corrected chi connectivity index (χ1v) is 12.5. The van der Waals surface area contributed by atoms with Gasteiger partial charge in [0.25, 0.3) is 5.91 Å². The van der Waals surface area contributed by atoms with Crippen LogP contribution in [0.4, 0.5) is 0 Å². The smallest absolute Gasteiger partial charge is 0.255 e. The maximum atomic E-state index is 13.8. The van der Waals surface area contributed by atoms with Crippen molar-refractivity contribution in [2.75, 3.05) is 14.1 Å². The number of fused-ring (bicyclic) bond motifs is 3. The van der Waals surface area contributed by atoms with Crippen molar-refractivity contribution in [3.05, 3.63) is 62.9 Å². The molecule has 0 saturated carbocycles. The number of hydrogen-bond acceptors (Lipinski definition) is 11. The number of Topliss-reactive ketones (excluding diaryl/α,β-unsaturated/α-hetero) is 2. The van der Waals surface area contributed by atoms with Gasteiger partial charge in [0.05, 0.1) is 17.8 Å². The lowest BCUT2D eigenvalue weighted by molar-refractivity contribution is -0.148. The van der Waals surface area contributed by atoms with Gasteiger partial charge in [-0.3, -0.25) is 19.3 Å². The second-order valence-corrected chi connectivity index (χ2v) is 11.0. The minimum atomic E-state index is -2.68. The van der Waals surface area contributed by atoms with Crippen LogP contribution in [0.25, 0.3) is 10.4 Å². The molecule has 3 aliphatic carbocycles. The Labute approximate surface area is 220 Å². The summed E-state index contributed by atoms with van der Waals surface area (Å²) in [6.45, 7) is 0. The number of likely N-dealkylation sites (N-methyl/N-ethyl adjacent to an activating group) is 1. The van der Waals surface area contributed by atoms with Crippen LogP contribution in [-0.2, 0) is 16.0 Å².